The van der Waals surface area contributed by atoms with Gasteiger partial charge in [-0.05, 0) is 46.7 Å². The summed E-state index contributed by atoms with van der Waals surface area (Å²) < 4.78 is 0. The maximum Gasteiger partial charge on any atom is 0.191 e. The summed E-state index contributed by atoms with van der Waals surface area (Å²) in [4.78, 5) is 12.4. The molecule has 1 atom stereocenters. The maximum atomic E-state index is 4.54. The van der Waals surface area contributed by atoms with Crippen molar-refractivity contribution in [3.8, 4) is 0 Å². The lowest BCUT2D eigenvalue weighted by molar-refractivity contribution is 0.264. The Morgan fingerprint density at radius 1 is 1.36 bits per heavy atom. The molecule has 1 aromatic rings. The second-order valence-electron chi connectivity index (χ2n) is 5.92. The van der Waals surface area contributed by atoms with Crippen LogP contribution in [0.5, 0.6) is 0 Å². The van der Waals surface area contributed by atoms with Gasteiger partial charge in [-0.3, -0.25) is 4.99 Å². The van der Waals surface area contributed by atoms with E-state index in [0.717, 1.165) is 35.7 Å². The standard InChI is InChI=1S/C15H27N5S.HI/c1-10-11(2)21-14(19-10)9-18-15(16-3)17-8-13(20(4)5)12-6-7-12;/h12-13H,6-9H2,1-5H3,(H2,16,17,18);1H. The highest BCUT2D eigenvalue weighted by Crippen LogP contribution is 2.34. The van der Waals surface area contributed by atoms with E-state index in [1.807, 2.05) is 7.05 Å². The normalized spacial score (nSPS) is 16.4. The van der Waals surface area contributed by atoms with Gasteiger partial charge in [0.1, 0.15) is 5.01 Å². The monoisotopic (exact) mass is 437 g/mol. The third kappa shape index (κ3) is 5.66. The van der Waals surface area contributed by atoms with Crippen LogP contribution < -0.4 is 10.6 Å². The second kappa shape index (κ2) is 9.02. The first-order valence-electron chi connectivity index (χ1n) is 7.55. The zero-order valence-electron chi connectivity index (χ0n) is 14.1. The maximum absolute atomic E-state index is 4.54. The van der Waals surface area contributed by atoms with Crippen LogP contribution in [-0.4, -0.2) is 49.6 Å². The quantitative estimate of drug-likeness (QED) is 0.408. The van der Waals surface area contributed by atoms with Crippen LogP contribution in [0.3, 0.4) is 0 Å². The van der Waals surface area contributed by atoms with Crippen LogP contribution in [0.25, 0.3) is 0 Å². The van der Waals surface area contributed by atoms with Crippen molar-refractivity contribution in [3.05, 3.63) is 15.6 Å². The summed E-state index contributed by atoms with van der Waals surface area (Å²) in [6.45, 7) is 5.84. The van der Waals surface area contributed by atoms with Gasteiger partial charge in [0.15, 0.2) is 5.96 Å². The molecule has 2 N–H and O–H groups in total. The fraction of sp³-hybridized carbons (Fsp3) is 0.733. The third-order valence-corrected chi connectivity index (χ3v) is 5.08. The van der Waals surface area contributed by atoms with Crippen molar-refractivity contribution < 1.29 is 0 Å². The van der Waals surface area contributed by atoms with Gasteiger partial charge in [0.25, 0.3) is 0 Å². The lowest BCUT2D eigenvalue weighted by atomic mass is 10.1. The van der Waals surface area contributed by atoms with E-state index in [1.54, 1.807) is 11.3 Å². The Balaban J connectivity index is 0.00000242. The first-order valence-corrected chi connectivity index (χ1v) is 8.36. The number of hydrogen-bond acceptors (Lipinski definition) is 4. The second-order valence-corrected chi connectivity index (χ2v) is 7.21. The molecule has 0 amide bonds. The van der Waals surface area contributed by atoms with Gasteiger partial charge >= 0.3 is 0 Å². The molecular weight excluding hydrogens is 409 g/mol. The number of nitrogens with one attached hydrogen (secondary N) is 2. The molecule has 22 heavy (non-hydrogen) atoms. The van der Waals surface area contributed by atoms with Gasteiger partial charge in [-0.15, -0.1) is 35.3 Å². The van der Waals surface area contributed by atoms with E-state index in [4.69, 9.17) is 0 Å². The lowest BCUT2D eigenvalue weighted by Crippen LogP contribution is -2.45. The van der Waals surface area contributed by atoms with Crippen molar-refractivity contribution in [1.29, 1.82) is 0 Å². The van der Waals surface area contributed by atoms with Crippen molar-refractivity contribution in [2.45, 2.75) is 39.3 Å². The zero-order chi connectivity index (χ0) is 15.4. The summed E-state index contributed by atoms with van der Waals surface area (Å²) >= 11 is 1.75. The molecule has 2 rings (SSSR count). The van der Waals surface area contributed by atoms with E-state index in [2.05, 4.69) is 53.5 Å². The van der Waals surface area contributed by atoms with E-state index >= 15 is 0 Å². The number of thiazole rings is 1. The van der Waals surface area contributed by atoms with E-state index in [0.29, 0.717) is 6.04 Å². The van der Waals surface area contributed by atoms with Crippen molar-refractivity contribution in [3.63, 3.8) is 0 Å². The highest BCUT2D eigenvalue weighted by Gasteiger charge is 2.32. The van der Waals surface area contributed by atoms with Gasteiger partial charge in [-0.2, -0.15) is 0 Å². The number of nitrogens with zero attached hydrogens (tertiary/aromatic N) is 3. The van der Waals surface area contributed by atoms with E-state index in [-0.39, 0.29) is 24.0 Å². The molecule has 1 aliphatic carbocycles. The number of rotatable bonds is 6. The van der Waals surface area contributed by atoms with E-state index in [1.165, 1.54) is 17.7 Å². The Hall–Kier alpha value is -0.410. The summed E-state index contributed by atoms with van der Waals surface area (Å²) in [6, 6.07) is 0.591. The molecule has 1 unspecified atom stereocenters. The molecule has 1 saturated carbocycles. The van der Waals surface area contributed by atoms with Crippen molar-refractivity contribution in [2.24, 2.45) is 10.9 Å². The molecule has 1 heterocycles. The van der Waals surface area contributed by atoms with Gasteiger partial charge in [-0.1, -0.05) is 0 Å². The SMILES string of the molecule is CN=C(NCc1nc(C)c(C)s1)NCC(C1CC1)N(C)C.I. The van der Waals surface area contributed by atoms with Crippen LogP contribution in [0.1, 0.15) is 28.4 Å². The van der Waals surface area contributed by atoms with Crippen LogP contribution in [0, 0.1) is 19.8 Å². The Kier molecular flexibility index (Phi) is 8.06. The van der Waals surface area contributed by atoms with Crippen LogP contribution in [0.4, 0.5) is 0 Å². The predicted octanol–water partition coefficient (Wildman–Crippen LogP) is 2.38. The molecule has 1 aliphatic rings. The third-order valence-electron chi connectivity index (χ3n) is 4.01. The predicted molar refractivity (Wildman–Crippen MR) is 105 cm³/mol. The number of aryl methyl sites for hydroxylation is 2. The van der Waals surface area contributed by atoms with Gasteiger partial charge in [0, 0.05) is 24.5 Å². The minimum atomic E-state index is 0. The molecule has 0 spiro atoms. The van der Waals surface area contributed by atoms with Gasteiger partial charge in [-0.25, -0.2) is 4.98 Å². The number of guanidine groups is 1. The topological polar surface area (TPSA) is 52.6 Å². The highest BCUT2D eigenvalue weighted by atomic mass is 127. The molecular formula is C15H28IN5S. The van der Waals surface area contributed by atoms with Crippen molar-refractivity contribution >= 4 is 41.3 Å². The van der Waals surface area contributed by atoms with Crippen LogP contribution in [0.15, 0.2) is 4.99 Å². The Labute approximate surface area is 155 Å². The average Bonchev–Trinajstić information content (AvgIpc) is 3.21. The smallest absolute Gasteiger partial charge is 0.191 e. The molecule has 7 heteroatoms. The number of halogens is 1. The lowest BCUT2D eigenvalue weighted by Gasteiger charge is -2.25. The van der Waals surface area contributed by atoms with Gasteiger partial charge in [0.2, 0.25) is 0 Å². The van der Waals surface area contributed by atoms with E-state index < -0.39 is 0 Å². The first kappa shape index (κ1) is 19.6. The van der Waals surface area contributed by atoms with Gasteiger partial charge < -0.3 is 15.5 Å². The number of hydrogen-bond donors (Lipinski definition) is 2. The molecule has 126 valence electrons. The van der Waals surface area contributed by atoms with Crippen LogP contribution in [-0.2, 0) is 6.54 Å². The van der Waals surface area contributed by atoms with Gasteiger partial charge in [0.05, 0.1) is 12.2 Å². The summed E-state index contributed by atoms with van der Waals surface area (Å²) in [5.74, 6) is 1.70. The molecule has 5 nitrogen and oxygen atoms in total. The van der Waals surface area contributed by atoms with E-state index in [9.17, 15) is 0 Å². The summed E-state index contributed by atoms with van der Waals surface area (Å²) in [5.41, 5.74) is 1.13. The molecule has 0 aliphatic heterocycles. The largest absolute Gasteiger partial charge is 0.355 e. The fourth-order valence-electron chi connectivity index (χ4n) is 2.45. The van der Waals surface area contributed by atoms with Crippen molar-refractivity contribution in [2.75, 3.05) is 27.7 Å². The Morgan fingerprint density at radius 2 is 2.05 bits per heavy atom. The van der Waals surface area contributed by atoms with Crippen LogP contribution >= 0.6 is 35.3 Å². The average molecular weight is 437 g/mol. The number of likely N-dealkylation sites (N-methyl/N-ethyl adjacent to an activating group) is 1. The number of aliphatic imine (C=N–C) groups is 1. The fourth-order valence-corrected chi connectivity index (χ4v) is 3.32. The molecule has 0 bridgehead atoms. The van der Waals surface area contributed by atoms with Crippen molar-refractivity contribution in [1.82, 2.24) is 20.5 Å². The minimum Gasteiger partial charge on any atom is -0.355 e. The minimum absolute atomic E-state index is 0. The molecule has 0 radical (unpaired) electrons. The zero-order valence-corrected chi connectivity index (χ0v) is 17.3. The molecule has 1 fully saturated rings. The summed E-state index contributed by atoms with van der Waals surface area (Å²) in [6.07, 6.45) is 2.71. The molecule has 0 saturated heterocycles. The molecule has 1 aromatic heterocycles. The van der Waals surface area contributed by atoms with Crippen LogP contribution in [0.2, 0.25) is 0 Å². The summed E-state index contributed by atoms with van der Waals surface area (Å²) in [7, 11) is 6.12. The highest BCUT2D eigenvalue weighted by molar-refractivity contribution is 14.0. The Morgan fingerprint density at radius 3 is 2.50 bits per heavy atom. The first-order chi connectivity index (χ1) is 10.0. The molecule has 0 aromatic carbocycles. The Bertz CT molecular complexity index is 475. The number of aromatic nitrogens is 1. The summed E-state index contributed by atoms with van der Waals surface area (Å²) in [5, 5.41) is 7.90.